The molecule has 1 aromatic rings. The van der Waals surface area contributed by atoms with Gasteiger partial charge in [-0.2, -0.15) is 0 Å². The molecular formula is C11H14BrClFNO2S. The normalized spacial score (nSPS) is 11.6. The van der Waals surface area contributed by atoms with Gasteiger partial charge in [0.15, 0.2) is 0 Å². The Hall–Kier alpha value is -0.330. The molecule has 7 heteroatoms. The van der Waals surface area contributed by atoms with Crippen LogP contribution in [-0.2, 0) is 9.84 Å². The third-order valence-corrected chi connectivity index (χ3v) is 5.09. The van der Waals surface area contributed by atoms with Crippen molar-refractivity contribution < 1.29 is 12.8 Å². The van der Waals surface area contributed by atoms with Crippen LogP contribution in [0.25, 0.3) is 0 Å². The van der Waals surface area contributed by atoms with Crippen LogP contribution in [0.5, 0.6) is 0 Å². The molecule has 1 N–H and O–H groups in total. The predicted octanol–water partition coefficient (Wildman–Crippen LogP) is 3.48. The molecule has 0 heterocycles. The van der Waals surface area contributed by atoms with E-state index >= 15 is 0 Å². The lowest BCUT2D eigenvalue weighted by Gasteiger charge is -2.10. The fraction of sp³-hybridized carbons (Fsp3) is 0.455. The van der Waals surface area contributed by atoms with Crippen LogP contribution < -0.4 is 5.32 Å². The molecule has 0 aliphatic rings. The maximum absolute atomic E-state index is 13.0. The molecule has 0 radical (unpaired) electrons. The van der Waals surface area contributed by atoms with E-state index in [9.17, 15) is 12.8 Å². The van der Waals surface area contributed by atoms with Gasteiger partial charge in [0.05, 0.1) is 16.5 Å². The molecule has 0 bridgehead atoms. The van der Waals surface area contributed by atoms with E-state index in [0.29, 0.717) is 23.1 Å². The summed E-state index contributed by atoms with van der Waals surface area (Å²) in [6.07, 6.45) is 0.482. The standard InChI is InChI=1S/C11H14BrClFNO2S/c1-2-18(16,17)5-3-4-15-11-9(12)6-8(14)7-10(11)13/h6-7,15H,2-5H2,1H3. The van der Waals surface area contributed by atoms with Crippen molar-refractivity contribution in [2.24, 2.45) is 0 Å². The number of sulfone groups is 1. The molecular weight excluding hydrogens is 345 g/mol. The van der Waals surface area contributed by atoms with Crippen molar-refractivity contribution >= 4 is 43.1 Å². The first kappa shape index (κ1) is 15.7. The molecule has 3 nitrogen and oxygen atoms in total. The van der Waals surface area contributed by atoms with E-state index in [1.165, 1.54) is 12.1 Å². The molecule has 0 aliphatic carbocycles. The van der Waals surface area contributed by atoms with E-state index in [0.717, 1.165) is 0 Å². The first-order valence-electron chi connectivity index (χ1n) is 5.44. The molecule has 0 unspecified atom stereocenters. The smallest absolute Gasteiger partial charge is 0.150 e. The maximum Gasteiger partial charge on any atom is 0.150 e. The second kappa shape index (κ2) is 6.73. The Bertz CT molecular complexity index is 499. The summed E-state index contributed by atoms with van der Waals surface area (Å²) in [5.74, 6) is -0.146. The zero-order valence-electron chi connectivity index (χ0n) is 9.84. The van der Waals surface area contributed by atoms with Gasteiger partial charge in [0.25, 0.3) is 0 Å². The summed E-state index contributed by atoms with van der Waals surface area (Å²) in [4.78, 5) is 0. The molecule has 18 heavy (non-hydrogen) atoms. The minimum atomic E-state index is -2.95. The SMILES string of the molecule is CCS(=O)(=O)CCCNc1c(Cl)cc(F)cc1Br. The average molecular weight is 359 g/mol. The molecule has 0 saturated carbocycles. The fourth-order valence-electron chi connectivity index (χ4n) is 1.36. The van der Waals surface area contributed by atoms with Crippen molar-refractivity contribution in [3.8, 4) is 0 Å². The third kappa shape index (κ3) is 4.74. The molecule has 102 valence electrons. The second-order valence-corrected chi connectivity index (χ2v) is 7.50. The third-order valence-electron chi connectivity index (χ3n) is 2.38. The lowest BCUT2D eigenvalue weighted by Crippen LogP contribution is -2.13. The van der Waals surface area contributed by atoms with Gasteiger partial charge in [0, 0.05) is 16.8 Å². The van der Waals surface area contributed by atoms with Crippen molar-refractivity contribution in [2.75, 3.05) is 23.4 Å². The van der Waals surface area contributed by atoms with Gasteiger partial charge in [-0.25, -0.2) is 12.8 Å². The quantitative estimate of drug-likeness (QED) is 0.792. The Morgan fingerprint density at radius 1 is 1.44 bits per heavy atom. The summed E-state index contributed by atoms with van der Waals surface area (Å²) in [5.41, 5.74) is 0.576. The molecule has 0 saturated heterocycles. The Morgan fingerprint density at radius 3 is 2.67 bits per heavy atom. The van der Waals surface area contributed by atoms with Gasteiger partial charge in [-0.15, -0.1) is 0 Å². The zero-order valence-corrected chi connectivity index (χ0v) is 13.0. The summed E-state index contributed by atoms with van der Waals surface area (Å²) in [6, 6.07) is 2.51. The number of rotatable bonds is 6. The lowest BCUT2D eigenvalue weighted by molar-refractivity contribution is 0.595. The molecule has 0 spiro atoms. The fourth-order valence-corrected chi connectivity index (χ4v) is 3.19. The first-order valence-corrected chi connectivity index (χ1v) is 8.44. The van der Waals surface area contributed by atoms with Crippen LogP contribution in [0, 0.1) is 5.82 Å². The summed E-state index contributed by atoms with van der Waals surface area (Å²) in [7, 11) is -2.95. The lowest BCUT2D eigenvalue weighted by atomic mass is 10.3. The van der Waals surface area contributed by atoms with Crippen molar-refractivity contribution in [3.05, 3.63) is 27.4 Å². The largest absolute Gasteiger partial charge is 0.383 e. The summed E-state index contributed by atoms with van der Waals surface area (Å²) in [5, 5.41) is 3.26. The minimum absolute atomic E-state index is 0.132. The number of anilines is 1. The van der Waals surface area contributed by atoms with Crippen LogP contribution in [0.1, 0.15) is 13.3 Å². The minimum Gasteiger partial charge on any atom is -0.383 e. The maximum atomic E-state index is 13.0. The first-order chi connectivity index (χ1) is 8.35. The van der Waals surface area contributed by atoms with E-state index < -0.39 is 15.7 Å². The highest BCUT2D eigenvalue weighted by Gasteiger charge is 2.09. The topological polar surface area (TPSA) is 46.2 Å². The predicted molar refractivity (Wildman–Crippen MR) is 76.5 cm³/mol. The molecule has 0 amide bonds. The van der Waals surface area contributed by atoms with Crippen LogP contribution in [0.15, 0.2) is 16.6 Å². The molecule has 0 fully saturated rings. The zero-order chi connectivity index (χ0) is 13.8. The number of nitrogens with one attached hydrogen (secondary N) is 1. The number of halogens is 3. The highest BCUT2D eigenvalue weighted by Crippen LogP contribution is 2.31. The van der Waals surface area contributed by atoms with Crippen LogP contribution in [0.4, 0.5) is 10.1 Å². The van der Waals surface area contributed by atoms with Crippen LogP contribution >= 0.6 is 27.5 Å². The monoisotopic (exact) mass is 357 g/mol. The Morgan fingerprint density at radius 2 is 2.11 bits per heavy atom. The van der Waals surface area contributed by atoms with Gasteiger partial charge in [0.1, 0.15) is 15.7 Å². The van der Waals surface area contributed by atoms with Crippen LogP contribution in [0.2, 0.25) is 5.02 Å². The highest BCUT2D eigenvalue weighted by molar-refractivity contribution is 9.10. The van der Waals surface area contributed by atoms with Crippen molar-refractivity contribution in [1.29, 1.82) is 0 Å². The Kier molecular flexibility index (Phi) is 5.88. The van der Waals surface area contributed by atoms with E-state index in [-0.39, 0.29) is 16.5 Å². The van der Waals surface area contributed by atoms with Gasteiger partial charge in [0.2, 0.25) is 0 Å². The van der Waals surface area contributed by atoms with Gasteiger partial charge in [-0.1, -0.05) is 18.5 Å². The Labute approximate surface area is 120 Å². The van der Waals surface area contributed by atoms with Gasteiger partial charge < -0.3 is 5.32 Å². The van der Waals surface area contributed by atoms with Gasteiger partial charge >= 0.3 is 0 Å². The number of hydrogen-bond donors (Lipinski definition) is 1. The summed E-state index contributed by atoms with van der Waals surface area (Å²) >= 11 is 9.08. The van der Waals surface area contributed by atoms with E-state index in [1.54, 1.807) is 6.92 Å². The molecule has 0 atom stereocenters. The van der Waals surface area contributed by atoms with Crippen molar-refractivity contribution in [1.82, 2.24) is 0 Å². The van der Waals surface area contributed by atoms with Gasteiger partial charge in [-0.3, -0.25) is 0 Å². The number of hydrogen-bond acceptors (Lipinski definition) is 3. The van der Waals surface area contributed by atoms with Crippen molar-refractivity contribution in [3.63, 3.8) is 0 Å². The molecule has 0 aliphatic heterocycles. The van der Waals surface area contributed by atoms with Crippen LogP contribution in [-0.4, -0.2) is 26.5 Å². The molecule has 1 aromatic carbocycles. The van der Waals surface area contributed by atoms with Crippen LogP contribution in [0.3, 0.4) is 0 Å². The van der Waals surface area contributed by atoms with E-state index in [2.05, 4.69) is 21.2 Å². The molecule has 1 rings (SSSR count). The Balaban J connectivity index is 2.55. The van der Waals surface area contributed by atoms with Gasteiger partial charge in [-0.05, 0) is 34.5 Å². The number of benzene rings is 1. The summed E-state index contributed by atoms with van der Waals surface area (Å²) in [6.45, 7) is 2.08. The highest BCUT2D eigenvalue weighted by atomic mass is 79.9. The van der Waals surface area contributed by atoms with E-state index in [1.807, 2.05) is 0 Å². The molecule has 0 aromatic heterocycles. The summed E-state index contributed by atoms with van der Waals surface area (Å²) < 4.78 is 36.0. The average Bonchev–Trinajstić information content (AvgIpc) is 2.26. The second-order valence-electron chi connectivity index (χ2n) is 3.76. The van der Waals surface area contributed by atoms with Crippen molar-refractivity contribution in [2.45, 2.75) is 13.3 Å². The van der Waals surface area contributed by atoms with E-state index in [4.69, 9.17) is 11.6 Å².